The molecule has 1 saturated heterocycles. The van der Waals surface area contributed by atoms with Gasteiger partial charge >= 0.3 is 0 Å². The summed E-state index contributed by atoms with van der Waals surface area (Å²) in [6.07, 6.45) is 4.16. The summed E-state index contributed by atoms with van der Waals surface area (Å²) >= 11 is 0. The number of rotatable bonds is 5. The lowest BCUT2D eigenvalue weighted by Crippen LogP contribution is -2.31. The molecular weight excluding hydrogens is 340 g/mol. The van der Waals surface area contributed by atoms with Gasteiger partial charge in [0.05, 0.1) is 28.6 Å². The van der Waals surface area contributed by atoms with Gasteiger partial charge in [-0.2, -0.15) is 5.10 Å². The molecule has 3 heterocycles. The highest BCUT2D eigenvalue weighted by Gasteiger charge is 2.19. The SMILES string of the molecule is CCn1cc(-c2cc(C(=O)NCC3CCCO3)c3ccccc3n2)c(C)n1. The number of para-hydroxylation sites is 1. The minimum atomic E-state index is -0.0918. The normalized spacial score (nSPS) is 16.7. The van der Waals surface area contributed by atoms with Gasteiger partial charge < -0.3 is 10.1 Å². The van der Waals surface area contributed by atoms with E-state index < -0.39 is 0 Å². The molecule has 0 spiro atoms. The second kappa shape index (κ2) is 7.48. The Balaban J connectivity index is 1.71. The minimum Gasteiger partial charge on any atom is -0.376 e. The Bertz CT molecular complexity index is 973. The number of benzene rings is 1. The number of hydrogen-bond donors (Lipinski definition) is 1. The monoisotopic (exact) mass is 364 g/mol. The minimum absolute atomic E-state index is 0.0918. The largest absolute Gasteiger partial charge is 0.376 e. The summed E-state index contributed by atoms with van der Waals surface area (Å²) in [7, 11) is 0. The van der Waals surface area contributed by atoms with E-state index in [2.05, 4.69) is 10.4 Å². The number of ether oxygens (including phenoxy) is 1. The Labute approximate surface area is 158 Å². The standard InChI is InChI=1S/C21H24N4O2/c1-3-25-13-18(14(2)24-25)20-11-17(16-8-4-5-9-19(16)23-20)21(26)22-12-15-7-6-10-27-15/h4-5,8-9,11,13,15H,3,6-7,10,12H2,1-2H3,(H,22,26). The molecule has 27 heavy (non-hydrogen) atoms. The second-order valence-corrected chi connectivity index (χ2v) is 6.90. The van der Waals surface area contributed by atoms with Crippen molar-refractivity contribution in [2.45, 2.75) is 39.3 Å². The quantitative estimate of drug-likeness (QED) is 0.754. The number of aromatic nitrogens is 3. The van der Waals surface area contributed by atoms with Crippen LogP contribution in [-0.4, -0.2) is 39.9 Å². The van der Waals surface area contributed by atoms with Crippen molar-refractivity contribution in [2.75, 3.05) is 13.2 Å². The van der Waals surface area contributed by atoms with Crippen LogP contribution < -0.4 is 5.32 Å². The van der Waals surface area contributed by atoms with Crippen molar-refractivity contribution >= 4 is 16.8 Å². The molecule has 2 aromatic heterocycles. The van der Waals surface area contributed by atoms with Crippen LogP contribution in [-0.2, 0) is 11.3 Å². The van der Waals surface area contributed by atoms with Gasteiger partial charge in [0.25, 0.3) is 5.91 Å². The number of hydrogen-bond acceptors (Lipinski definition) is 4. The van der Waals surface area contributed by atoms with Crippen molar-refractivity contribution < 1.29 is 9.53 Å². The molecule has 0 bridgehead atoms. The summed E-state index contributed by atoms with van der Waals surface area (Å²) in [4.78, 5) is 17.7. The highest BCUT2D eigenvalue weighted by molar-refractivity contribution is 6.07. The molecule has 1 atom stereocenters. The Morgan fingerprint density at radius 2 is 2.22 bits per heavy atom. The van der Waals surface area contributed by atoms with E-state index in [1.807, 2.05) is 55.1 Å². The van der Waals surface area contributed by atoms with Gasteiger partial charge in [0.2, 0.25) is 0 Å². The topological polar surface area (TPSA) is 69.0 Å². The lowest BCUT2D eigenvalue weighted by molar-refractivity contribution is 0.0859. The number of aryl methyl sites for hydroxylation is 2. The van der Waals surface area contributed by atoms with Gasteiger partial charge in [-0.05, 0) is 38.8 Å². The van der Waals surface area contributed by atoms with Crippen LogP contribution in [0.4, 0.5) is 0 Å². The van der Waals surface area contributed by atoms with Gasteiger partial charge in [-0.15, -0.1) is 0 Å². The lowest BCUT2D eigenvalue weighted by Gasteiger charge is -2.13. The van der Waals surface area contributed by atoms with Crippen LogP contribution in [0, 0.1) is 6.92 Å². The average molecular weight is 364 g/mol. The van der Waals surface area contributed by atoms with Crippen LogP contribution in [0.5, 0.6) is 0 Å². The molecule has 0 radical (unpaired) electrons. The van der Waals surface area contributed by atoms with Crippen molar-refractivity contribution in [3.63, 3.8) is 0 Å². The predicted octanol–water partition coefficient (Wildman–Crippen LogP) is 3.34. The van der Waals surface area contributed by atoms with Crippen molar-refractivity contribution in [2.24, 2.45) is 0 Å². The van der Waals surface area contributed by atoms with Crippen LogP contribution >= 0.6 is 0 Å². The fourth-order valence-electron chi connectivity index (χ4n) is 3.54. The number of carbonyl (C=O) groups excluding carboxylic acids is 1. The van der Waals surface area contributed by atoms with Gasteiger partial charge in [0.15, 0.2) is 0 Å². The van der Waals surface area contributed by atoms with Gasteiger partial charge in [-0.3, -0.25) is 9.48 Å². The maximum Gasteiger partial charge on any atom is 0.252 e. The molecule has 1 aromatic carbocycles. The molecule has 1 aliphatic rings. The molecule has 1 amide bonds. The summed E-state index contributed by atoms with van der Waals surface area (Å²) in [5.74, 6) is -0.0918. The maximum atomic E-state index is 12.9. The zero-order chi connectivity index (χ0) is 18.8. The molecule has 1 unspecified atom stereocenters. The van der Waals surface area contributed by atoms with Crippen LogP contribution in [0.1, 0.15) is 35.8 Å². The van der Waals surface area contributed by atoms with Crippen LogP contribution in [0.25, 0.3) is 22.2 Å². The molecule has 6 heteroatoms. The molecular formula is C21H24N4O2. The number of amides is 1. The van der Waals surface area contributed by atoms with E-state index >= 15 is 0 Å². The van der Waals surface area contributed by atoms with E-state index in [4.69, 9.17) is 9.72 Å². The third-order valence-corrected chi connectivity index (χ3v) is 5.02. The number of carbonyl (C=O) groups is 1. The van der Waals surface area contributed by atoms with Crippen molar-refractivity contribution in [1.82, 2.24) is 20.1 Å². The number of pyridine rings is 1. The maximum absolute atomic E-state index is 12.9. The first kappa shape index (κ1) is 17.7. The number of fused-ring (bicyclic) bond motifs is 1. The summed E-state index contributed by atoms with van der Waals surface area (Å²) in [6, 6.07) is 9.62. The van der Waals surface area contributed by atoms with Crippen LogP contribution in [0.15, 0.2) is 36.5 Å². The molecule has 140 valence electrons. The van der Waals surface area contributed by atoms with Gasteiger partial charge in [-0.25, -0.2) is 4.98 Å². The smallest absolute Gasteiger partial charge is 0.252 e. The van der Waals surface area contributed by atoms with E-state index in [1.54, 1.807) is 0 Å². The Kier molecular flexibility index (Phi) is 4.90. The van der Waals surface area contributed by atoms with Gasteiger partial charge in [-0.1, -0.05) is 18.2 Å². The molecule has 4 rings (SSSR count). The number of nitrogens with zero attached hydrogens (tertiary/aromatic N) is 3. The van der Waals surface area contributed by atoms with E-state index in [0.717, 1.165) is 53.8 Å². The third kappa shape index (κ3) is 3.57. The van der Waals surface area contributed by atoms with Gasteiger partial charge in [0.1, 0.15) is 0 Å². The molecule has 1 fully saturated rings. The van der Waals surface area contributed by atoms with Crippen LogP contribution in [0.2, 0.25) is 0 Å². The zero-order valence-electron chi connectivity index (χ0n) is 15.7. The predicted molar refractivity (Wildman–Crippen MR) is 105 cm³/mol. The van der Waals surface area contributed by atoms with Crippen molar-refractivity contribution in [3.05, 3.63) is 47.8 Å². The molecule has 3 aromatic rings. The molecule has 0 aliphatic carbocycles. The Hall–Kier alpha value is -2.73. The van der Waals surface area contributed by atoms with Crippen LogP contribution in [0.3, 0.4) is 0 Å². The molecule has 1 aliphatic heterocycles. The third-order valence-electron chi connectivity index (χ3n) is 5.02. The summed E-state index contributed by atoms with van der Waals surface area (Å²) in [6.45, 7) is 6.13. The first-order valence-corrected chi connectivity index (χ1v) is 9.49. The fraction of sp³-hybridized carbons (Fsp3) is 0.381. The van der Waals surface area contributed by atoms with Crippen molar-refractivity contribution in [1.29, 1.82) is 0 Å². The number of nitrogens with one attached hydrogen (secondary N) is 1. The first-order chi connectivity index (χ1) is 13.2. The highest BCUT2D eigenvalue weighted by atomic mass is 16.5. The fourth-order valence-corrected chi connectivity index (χ4v) is 3.54. The zero-order valence-corrected chi connectivity index (χ0v) is 15.7. The first-order valence-electron chi connectivity index (χ1n) is 9.49. The van der Waals surface area contributed by atoms with Crippen molar-refractivity contribution in [3.8, 4) is 11.3 Å². The van der Waals surface area contributed by atoms with E-state index in [0.29, 0.717) is 12.1 Å². The summed E-state index contributed by atoms with van der Waals surface area (Å²) in [5, 5.41) is 8.39. The van der Waals surface area contributed by atoms with E-state index in [9.17, 15) is 4.79 Å². The summed E-state index contributed by atoms with van der Waals surface area (Å²) in [5.41, 5.74) is 4.08. The molecule has 6 nitrogen and oxygen atoms in total. The summed E-state index contributed by atoms with van der Waals surface area (Å²) < 4.78 is 7.50. The second-order valence-electron chi connectivity index (χ2n) is 6.90. The molecule has 1 N–H and O–H groups in total. The van der Waals surface area contributed by atoms with Gasteiger partial charge in [0, 0.05) is 36.8 Å². The Morgan fingerprint density at radius 1 is 1.37 bits per heavy atom. The molecule has 0 saturated carbocycles. The lowest BCUT2D eigenvalue weighted by atomic mass is 10.0. The average Bonchev–Trinajstić information content (AvgIpc) is 3.34. The van der Waals surface area contributed by atoms with E-state index in [-0.39, 0.29) is 12.0 Å². The highest BCUT2D eigenvalue weighted by Crippen LogP contribution is 2.27. The Morgan fingerprint density at radius 3 is 2.96 bits per heavy atom. The van der Waals surface area contributed by atoms with E-state index in [1.165, 1.54) is 0 Å².